The van der Waals surface area contributed by atoms with E-state index < -0.39 is 23.9 Å². The van der Waals surface area contributed by atoms with E-state index in [-0.39, 0.29) is 35.5 Å². The molecule has 5 rings (SSSR count). The minimum Gasteiger partial charge on any atom is -0.497 e. The number of morpholine rings is 1. The summed E-state index contributed by atoms with van der Waals surface area (Å²) in [4.78, 5) is 5.81. The lowest BCUT2D eigenvalue weighted by molar-refractivity contribution is -0.156. The minimum absolute atomic E-state index is 0.0103. The zero-order chi connectivity index (χ0) is 24.0. The molecule has 1 saturated heterocycles. The van der Waals surface area contributed by atoms with Crippen molar-refractivity contribution < 1.29 is 36.2 Å². The van der Waals surface area contributed by atoms with Gasteiger partial charge in [0.15, 0.2) is 5.58 Å². The van der Waals surface area contributed by atoms with Crippen molar-refractivity contribution in [2.75, 3.05) is 38.7 Å². The molecule has 0 bridgehead atoms. The first kappa shape index (κ1) is 22.7. The third kappa shape index (κ3) is 4.25. The summed E-state index contributed by atoms with van der Waals surface area (Å²) in [6.07, 6.45) is -4.73. The molecule has 2 aliphatic rings. The molecular weight excluding hydrogens is 458 g/mol. The highest BCUT2D eigenvalue weighted by Gasteiger charge is 2.40. The van der Waals surface area contributed by atoms with Crippen LogP contribution in [-0.4, -0.2) is 55.4 Å². The standard InChI is InChI=1S/C23H23F4N3O4/c1-12-10-30(5-6-32-12)18-11-33-19-7-13(24)3-4-15(19)20(18)28-16-8-14(31-2)9-17-21(16)34-22(29-17)23(25,26)27/h3-4,7-9,12,18,20,28H,5-6,10-11H2,1-2H3/t12-,18+,20+/m1/s1. The van der Waals surface area contributed by atoms with Gasteiger partial charge in [-0.2, -0.15) is 13.2 Å². The first-order valence-corrected chi connectivity index (χ1v) is 10.8. The Kier molecular flexibility index (Phi) is 5.76. The van der Waals surface area contributed by atoms with Crippen molar-refractivity contribution in [1.29, 1.82) is 0 Å². The maximum atomic E-state index is 13.9. The number of nitrogens with zero attached hydrogens (tertiary/aromatic N) is 2. The first-order valence-electron chi connectivity index (χ1n) is 10.8. The summed E-state index contributed by atoms with van der Waals surface area (Å²) in [6, 6.07) is 6.56. The molecule has 2 aliphatic heterocycles. The third-order valence-electron chi connectivity index (χ3n) is 6.10. The monoisotopic (exact) mass is 481 g/mol. The molecule has 0 saturated carbocycles. The molecule has 0 spiro atoms. The smallest absolute Gasteiger partial charge is 0.468 e. The van der Waals surface area contributed by atoms with Crippen molar-refractivity contribution in [2.24, 2.45) is 0 Å². The topological polar surface area (TPSA) is 69.0 Å². The van der Waals surface area contributed by atoms with Crippen molar-refractivity contribution in [2.45, 2.75) is 31.3 Å². The molecule has 11 heteroatoms. The molecule has 0 aliphatic carbocycles. The van der Waals surface area contributed by atoms with Crippen LogP contribution in [0.4, 0.5) is 23.2 Å². The Hall–Kier alpha value is -3.05. The molecule has 3 aromatic rings. The third-order valence-corrected chi connectivity index (χ3v) is 6.10. The van der Waals surface area contributed by atoms with Gasteiger partial charge < -0.3 is 23.9 Å². The molecule has 34 heavy (non-hydrogen) atoms. The maximum absolute atomic E-state index is 13.9. The van der Waals surface area contributed by atoms with E-state index in [1.165, 1.54) is 25.3 Å². The van der Waals surface area contributed by atoms with Gasteiger partial charge in [-0.25, -0.2) is 9.37 Å². The average Bonchev–Trinajstić information content (AvgIpc) is 3.24. The number of aromatic nitrogens is 1. The van der Waals surface area contributed by atoms with E-state index in [1.54, 1.807) is 12.1 Å². The number of nitrogens with one attached hydrogen (secondary N) is 1. The SMILES string of the molecule is COc1cc(N[C@H]2c3ccc(F)cc3OC[C@@H]2N2CCO[C@H](C)C2)c2oc(C(F)(F)F)nc2c1. The molecule has 7 nitrogen and oxygen atoms in total. The highest BCUT2D eigenvalue weighted by atomic mass is 19.4. The Morgan fingerprint density at radius 1 is 1.21 bits per heavy atom. The fourth-order valence-electron chi connectivity index (χ4n) is 4.53. The van der Waals surface area contributed by atoms with E-state index in [2.05, 4.69) is 15.2 Å². The number of oxazole rings is 1. The molecule has 3 atom stereocenters. The number of fused-ring (bicyclic) bond motifs is 2. The predicted molar refractivity (Wildman–Crippen MR) is 115 cm³/mol. The van der Waals surface area contributed by atoms with Gasteiger partial charge in [0.2, 0.25) is 0 Å². The number of benzene rings is 2. The second-order valence-electron chi connectivity index (χ2n) is 8.40. The number of methoxy groups -OCH3 is 1. The van der Waals surface area contributed by atoms with E-state index in [4.69, 9.17) is 18.6 Å². The number of halogens is 4. The van der Waals surface area contributed by atoms with Gasteiger partial charge in [0.25, 0.3) is 0 Å². The number of hydrogen-bond acceptors (Lipinski definition) is 7. The van der Waals surface area contributed by atoms with Crippen LogP contribution in [0.25, 0.3) is 11.1 Å². The lowest BCUT2D eigenvalue weighted by Gasteiger charge is -2.43. The molecule has 0 radical (unpaired) electrons. The molecule has 0 amide bonds. The predicted octanol–water partition coefficient (Wildman–Crippen LogP) is 4.63. The van der Waals surface area contributed by atoms with Crippen LogP contribution in [0.3, 0.4) is 0 Å². The summed E-state index contributed by atoms with van der Waals surface area (Å²) in [5.41, 5.74) is 0.934. The highest BCUT2D eigenvalue weighted by molar-refractivity contribution is 5.88. The van der Waals surface area contributed by atoms with Crippen molar-refractivity contribution in [3.63, 3.8) is 0 Å². The molecule has 1 fully saturated rings. The summed E-state index contributed by atoms with van der Waals surface area (Å²) in [5.74, 6) is -1.08. The Labute approximate surface area is 192 Å². The summed E-state index contributed by atoms with van der Waals surface area (Å²) < 4.78 is 75.8. The molecule has 1 aromatic heterocycles. The summed E-state index contributed by atoms with van der Waals surface area (Å²) >= 11 is 0. The average molecular weight is 481 g/mol. The van der Waals surface area contributed by atoms with Crippen molar-refractivity contribution in [3.05, 3.63) is 47.6 Å². The number of alkyl halides is 3. The van der Waals surface area contributed by atoms with Gasteiger partial charge in [-0.3, -0.25) is 4.90 Å². The molecule has 0 unspecified atom stereocenters. The summed E-state index contributed by atoms with van der Waals surface area (Å²) in [5, 5.41) is 3.34. The Morgan fingerprint density at radius 2 is 2.03 bits per heavy atom. The van der Waals surface area contributed by atoms with E-state index in [9.17, 15) is 17.6 Å². The number of rotatable bonds is 4. The number of hydrogen-bond donors (Lipinski definition) is 1. The van der Waals surface area contributed by atoms with Crippen LogP contribution in [0.15, 0.2) is 34.7 Å². The van der Waals surface area contributed by atoms with Crippen LogP contribution < -0.4 is 14.8 Å². The van der Waals surface area contributed by atoms with Crippen LogP contribution in [-0.2, 0) is 10.9 Å². The number of ether oxygens (including phenoxy) is 3. The lowest BCUT2D eigenvalue weighted by atomic mass is 9.94. The van der Waals surface area contributed by atoms with Crippen LogP contribution in [0, 0.1) is 5.82 Å². The van der Waals surface area contributed by atoms with Crippen molar-refractivity contribution in [3.8, 4) is 11.5 Å². The molecule has 2 aromatic carbocycles. The Bertz CT molecular complexity index is 1200. The van der Waals surface area contributed by atoms with E-state index >= 15 is 0 Å². The van der Waals surface area contributed by atoms with Crippen molar-refractivity contribution >= 4 is 16.8 Å². The fourth-order valence-corrected chi connectivity index (χ4v) is 4.53. The first-order chi connectivity index (χ1) is 16.2. The van der Waals surface area contributed by atoms with Gasteiger partial charge in [-0.05, 0) is 13.0 Å². The molecular formula is C23H23F4N3O4. The zero-order valence-electron chi connectivity index (χ0n) is 18.5. The second-order valence-corrected chi connectivity index (χ2v) is 8.40. The lowest BCUT2D eigenvalue weighted by Crippen LogP contribution is -2.54. The normalized spacial score (nSPS) is 23.4. The van der Waals surface area contributed by atoms with Crippen LogP contribution in [0.2, 0.25) is 0 Å². The minimum atomic E-state index is -4.74. The van der Waals surface area contributed by atoms with Gasteiger partial charge in [0, 0.05) is 36.9 Å². The van der Waals surface area contributed by atoms with Gasteiger partial charge >= 0.3 is 12.1 Å². The Morgan fingerprint density at radius 3 is 2.76 bits per heavy atom. The fraction of sp³-hybridized carbons (Fsp3) is 0.435. The summed E-state index contributed by atoms with van der Waals surface area (Å²) in [7, 11) is 1.42. The largest absolute Gasteiger partial charge is 0.497 e. The van der Waals surface area contributed by atoms with Crippen LogP contribution >= 0.6 is 0 Å². The maximum Gasteiger partial charge on any atom is 0.468 e. The van der Waals surface area contributed by atoms with Gasteiger partial charge in [0.1, 0.15) is 29.4 Å². The summed E-state index contributed by atoms with van der Waals surface area (Å²) in [6.45, 7) is 4.08. The molecule has 3 heterocycles. The molecule has 182 valence electrons. The van der Waals surface area contributed by atoms with Crippen LogP contribution in [0.1, 0.15) is 24.4 Å². The zero-order valence-corrected chi connectivity index (χ0v) is 18.5. The van der Waals surface area contributed by atoms with Gasteiger partial charge in [0.05, 0.1) is 37.6 Å². The number of anilines is 1. The second kappa shape index (κ2) is 8.62. The van der Waals surface area contributed by atoms with Gasteiger partial charge in [-0.15, -0.1) is 0 Å². The van der Waals surface area contributed by atoms with Crippen molar-refractivity contribution in [1.82, 2.24) is 9.88 Å². The quantitative estimate of drug-likeness (QED) is 0.545. The van der Waals surface area contributed by atoms with E-state index in [0.717, 1.165) is 0 Å². The Balaban J connectivity index is 1.59. The molecule has 1 N–H and O–H groups in total. The van der Waals surface area contributed by atoms with Gasteiger partial charge in [-0.1, -0.05) is 6.07 Å². The van der Waals surface area contributed by atoms with E-state index in [1.807, 2.05) is 6.92 Å². The highest BCUT2D eigenvalue weighted by Crippen LogP contribution is 2.41. The van der Waals surface area contributed by atoms with E-state index in [0.29, 0.717) is 36.8 Å². The van der Waals surface area contributed by atoms with Crippen LogP contribution in [0.5, 0.6) is 11.5 Å².